The zero-order valence-corrected chi connectivity index (χ0v) is 13.2. The van der Waals surface area contributed by atoms with Crippen molar-refractivity contribution in [2.45, 2.75) is 18.9 Å². The van der Waals surface area contributed by atoms with Crippen molar-refractivity contribution in [1.82, 2.24) is 20.0 Å². The molecule has 0 aliphatic carbocycles. The number of β-amino-alcohol motifs (C(OH)–C–C–N with tert-alkyl or cyclic N) is 1. The second-order valence-corrected chi connectivity index (χ2v) is 6.19. The molecule has 1 fully saturated rings. The van der Waals surface area contributed by atoms with Gasteiger partial charge in [-0.3, -0.25) is 0 Å². The number of anilines is 1. The van der Waals surface area contributed by atoms with Gasteiger partial charge in [0.25, 0.3) is 5.89 Å². The van der Waals surface area contributed by atoms with Crippen molar-refractivity contribution in [3.05, 3.63) is 24.2 Å². The molecule has 3 heterocycles. The molecule has 1 N–H and O–H groups in total. The summed E-state index contributed by atoms with van der Waals surface area (Å²) in [5.41, 5.74) is 0.125. The fourth-order valence-electron chi connectivity index (χ4n) is 2.88. The van der Waals surface area contributed by atoms with Gasteiger partial charge in [0.1, 0.15) is 5.82 Å². The third-order valence-electron chi connectivity index (χ3n) is 3.79. The maximum absolute atomic E-state index is 10.6. The molecule has 2 aromatic heterocycles. The first-order valence-electron chi connectivity index (χ1n) is 7.34. The number of hydrogen-bond donors (Lipinski definition) is 1. The summed E-state index contributed by atoms with van der Waals surface area (Å²) in [5.74, 6) is 1.93. The first-order chi connectivity index (χ1) is 10.5. The van der Waals surface area contributed by atoms with Crippen LogP contribution in [0, 0.1) is 6.92 Å². The third-order valence-corrected chi connectivity index (χ3v) is 3.79. The molecule has 2 aromatic rings. The van der Waals surface area contributed by atoms with Crippen LogP contribution in [0.3, 0.4) is 0 Å². The number of rotatable bonds is 4. The highest BCUT2D eigenvalue weighted by Crippen LogP contribution is 2.27. The molecule has 1 saturated heterocycles. The van der Waals surface area contributed by atoms with Gasteiger partial charge in [0.05, 0.1) is 11.2 Å². The lowest BCUT2D eigenvalue weighted by Gasteiger charge is -2.26. The van der Waals surface area contributed by atoms with Crippen molar-refractivity contribution in [1.29, 1.82) is 0 Å². The second kappa shape index (κ2) is 5.66. The van der Waals surface area contributed by atoms with Crippen LogP contribution in [0.15, 0.2) is 22.9 Å². The van der Waals surface area contributed by atoms with E-state index in [0.29, 0.717) is 24.8 Å². The van der Waals surface area contributed by atoms with Gasteiger partial charge in [0.2, 0.25) is 0 Å². The Morgan fingerprint density at radius 3 is 2.82 bits per heavy atom. The van der Waals surface area contributed by atoms with E-state index in [-0.39, 0.29) is 0 Å². The smallest absolute Gasteiger partial charge is 0.259 e. The van der Waals surface area contributed by atoms with E-state index in [9.17, 15) is 5.11 Å². The van der Waals surface area contributed by atoms with Crippen molar-refractivity contribution >= 4 is 5.82 Å². The largest absolute Gasteiger partial charge is 0.387 e. The van der Waals surface area contributed by atoms with Gasteiger partial charge in [-0.05, 0) is 39.6 Å². The van der Waals surface area contributed by atoms with E-state index in [1.165, 1.54) is 0 Å². The molecule has 0 unspecified atom stereocenters. The molecule has 0 aromatic carbocycles. The van der Waals surface area contributed by atoms with Crippen LogP contribution in [0.2, 0.25) is 0 Å². The van der Waals surface area contributed by atoms with Gasteiger partial charge >= 0.3 is 0 Å². The molecule has 118 valence electrons. The highest BCUT2D eigenvalue weighted by Gasteiger charge is 2.36. The Labute approximate surface area is 129 Å². The summed E-state index contributed by atoms with van der Waals surface area (Å²) in [6.07, 6.45) is 2.48. The lowest BCUT2D eigenvalue weighted by Crippen LogP contribution is -2.42. The van der Waals surface area contributed by atoms with Crippen molar-refractivity contribution in [2.75, 3.05) is 38.6 Å². The molecule has 7 heteroatoms. The Balaban J connectivity index is 1.71. The summed E-state index contributed by atoms with van der Waals surface area (Å²) < 4.78 is 5.13. The highest BCUT2D eigenvalue weighted by molar-refractivity contribution is 5.55. The third kappa shape index (κ3) is 3.10. The van der Waals surface area contributed by atoms with Gasteiger partial charge in [0, 0.05) is 25.8 Å². The zero-order valence-electron chi connectivity index (χ0n) is 13.2. The van der Waals surface area contributed by atoms with Crippen molar-refractivity contribution in [3.63, 3.8) is 0 Å². The summed E-state index contributed by atoms with van der Waals surface area (Å²) in [6, 6.07) is 3.84. The van der Waals surface area contributed by atoms with Crippen LogP contribution in [0.1, 0.15) is 12.2 Å². The maximum atomic E-state index is 10.6. The summed E-state index contributed by atoms with van der Waals surface area (Å²) in [4.78, 5) is 12.8. The zero-order chi connectivity index (χ0) is 15.7. The molecule has 22 heavy (non-hydrogen) atoms. The summed E-state index contributed by atoms with van der Waals surface area (Å²) in [5, 5.41) is 14.4. The van der Waals surface area contributed by atoms with Crippen LogP contribution < -0.4 is 4.90 Å². The molecule has 0 bridgehead atoms. The lowest BCUT2D eigenvalue weighted by atomic mass is 10.0. The van der Waals surface area contributed by atoms with E-state index >= 15 is 0 Å². The van der Waals surface area contributed by atoms with Crippen molar-refractivity contribution < 1.29 is 9.63 Å². The molecule has 1 atom stereocenters. The molecule has 1 aliphatic rings. The summed E-state index contributed by atoms with van der Waals surface area (Å²) in [7, 11) is 3.94. The van der Waals surface area contributed by atoms with Crippen LogP contribution in [0.25, 0.3) is 11.5 Å². The van der Waals surface area contributed by atoms with Crippen LogP contribution in [-0.2, 0) is 0 Å². The molecular weight excluding hydrogens is 282 g/mol. The summed E-state index contributed by atoms with van der Waals surface area (Å²) >= 11 is 0. The predicted octanol–water partition coefficient (Wildman–Crippen LogP) is 0.943. The molecule has 7 nitrogen and oxygen atoms in total. The Hall–Kier alpha value is -1.99. The molecule has 0 radical (unpaired) electrons. The Morgan fingerprint density at radius 1 is 1.41 bits per heavy atom. The van der Waals surface area contributed by atoms with Gasteiger partial charge in [-0.1, -0.05) is 5.16 Å². The molecule has 0 spiro atoms. The van der Waals surface area contributed by atoms with E-state index in [0.717, 1.165) is 24.3 Å². The average Bonchev–Trinajstić information content (AvgIpc) is 3.05. The number of pyridine rings is 1. The van der Waals surface area contributed by atoms with Gasteiger partial charge in [-0.2, -0.15) is 4.98 Å². The molecule has 1 aliphatic heterocycles. The summed E-state index contributed by atoms with van der Waals surface area (Å²) in [6.45, 7) is 3.83. The Morgan fingerprint density at radius 2 is 2.23 bits per heavy atom. The number of aromatic nitrogens is 3. The van der Waals surface area contributed by atoms with Gasteiger partial charge in [0.15, 0.2) is 5.82 Å². The van der Waals surface area contributed by atoms with E-state index in [1.807, 2.05) is 31.1 Å². The molecular formula is C15H21N5O2. The monoisotopic (exact) mass is 303 g/mol. The van der Waals surface area contributed by atoms with E-state index < -0.39 is 5.60 Å². The standard InChI is InChI=1S/C15H21N5O2/c1-11-17-14(22-18-11)12-4-5-13(16-8-12)20-7-6-15(21,10-20)9-19(2)3/h4-5,8,21H,6-7,9-10H2,1-3H3/t15-/m1/s1. The minimum atomic E-state index is -0.673. The number of hydrogen-bond acceptors (Lipinski definition) is 7. The Bertz CT molecular complexity index is 640. The van der Waals surface area contributed by atoms with Crippen molar-refractivity contribution in [2.24, 2.45) is 0 Å². The highest BCUT2D eigenvalue weighted by atomic mass is 16.5. The topological polar surface area (TPSA) is 78.5 Å². The minimum Gasteiger partial charge on any atom is -0.387 e. The Kier molecular flexibility index (Phi) is 3.84. The van der Waals surface area contributed by atoms with E-state index in [2.05, 4.69) is 20.0 Å². The SMILES string of the molecule is Cc1noc(-c2ccc(N3CC[C@@](O)(CN(C)C)C3)nc2)n1. The molecule has 3 rings (SSSR count). The van der Waals surface area contributed by atoms with Crippen molar-refractivity contribution in [3.8, 4) is 11.5 Å². The number of aryl methyl sites for hydroxylation is 1. The van der Waals surface area contributed by atoms with Gasteiger partial charge in [-0.25, -0.2) is 4.98 Å². The van der Waals surface area contributed by atoms with Crippen LogP contribution >= 0.6 is 0 Å². The number of nitrogens with zero attached hydrogens (tertiary/aromatic N) is 5. The number of likely N-dealkylation sites (N-methyl/N-ethyl adjacent to an activating group) is 1. The maximum Gasteiger partial charge on any atom is 0.259 e. The fraction of sp³-hybridized carbons (Fsp3) is 0.533. The first-order valence-corrected chi connectivity index (χ1v) is 7.34. The quantitative estimate of drug-likeness (QED) is 0.900. The molecule has 0 amide bonds. The van der Waals surface area contributed by atoms with E-state index in [1.54, 1.807) is 13.1 Å². The average molecular weight is 303 g/mol. The van der Waals surface area contributed by atoms with Gasteiger partial charge < -0.3 is 19.4 Å². The predicted molar refractivity (Wildman–Crippen MR) is 82.6 cm³/mol. The second-order valence-electron chi connectivity index (χ2n) is 6.19. The van der Waals surface area contributed by atoms with Crippen LogP contribution in [0.5, 0.6) is 0 Å². The first kappa shape index (κ1) is 14.9. The minimum absolute atomic E-state index is 0.474. The molecule has 0 saturated carbocycles. The van der Waals surface area contributed by atoms with Gasteiger partial charge in [-0.15, -0.1) is 0 Å². The number of aliphatic hydroxyl groups is 1. The van der Waals surface area contributed by atoms with E-state index in [4.69, 9.17) is 4.52 Å². The lowest BCUT2D eigenvalue weighted by molar-refractivity contribution is 0.0365. The van der Waals surface area contributed by atoms with Crippen LogP contribution in [0.4, 0.5) is 5.82 Å². The van der Waals surface area contributed by atoms with Crippen LogP contribution in [-0.4, -0.2) is 64.5 Å². The fourth-order valence-corrected chi connectivity index (χ4v) is 2.88. The normalized spacial score (nSPS) is 21.8.